The van der Waals surface area contributed by atoms with Gasteiger partial charge in [0.1, 0.15) is 0 Å². The molecule has 1 aromatic carbocycles. The van der Waals surface area contributed by atoms with Gasteiger partial charge in [0.25, 0.3) is 5.69 Å². The average molecular weight is 483 g/mol. The molecular weight excluding hydrogens is 460 g/mol. The summed E-state index contributed by atoms with van der Waals surface area (Å²) in [7, 11) is 1.97. The van der Waals surface area contributed by atoms with Crippen molar-refractivity contribution in [3.8, 4) is 22.1 Å². The highest BCUT2D eigenvalue weighted by atomic mass is 32.2. The normalized spacial score (nSPS) is 15.5. The number of hydrogen-bond acceptors (Lipinski definition) is 9. The maximum Gasteiger partial charge on any atom is 0.270 e. The summed E-state index contributed by atoms with van der Waals surface area (Å²) < 4.78 is 7.34. The number of nitrogens with zero attached hydrogens (tertiary/aromatic N) is 6. The smallest absolute Gasteiger partial charge is 0.270 e. The van der Waals surface area contributed by atoms with Gasteiger partial charge < -0.3 is 9.09 Å². The van der Waals surface area contributed by atoms with Crippen LogP contribution in [0.4, 0.5) is 5.69 Å². The number of rotatable bonds is 7. The second-order valence-electron chi connectivity index (χ2n) is 8.05. The first-order chi connectivity index (χ1) is 16.0. The molecule has 5 rings (SSSR count). The zero-order chi connectivity index (χ0) is 22.9. The van der Waals surface area contributed by atoms with Crippen molar-refractivity contribution in [1.82, 2.24) is 24.9 Å². The van der Waals surface area contributed by atoms with Crippen LogP contribution in [-0.4, -0.2) is 29.8 Å². The number of aryl methyl sites for hydroxylation is 1. The fraction of sp³-hybridized carbons (Fsp3) is 0.364. The van der Waals surface area contributed by atoms with E-state index in [-0.39, 0.29) is 5.69 Å². The van der Waals surface area contributed by atoms with Gasteiger partial charge in [0.05, 0.1) is 15.6 Å². The predicted molar refractivity (Wildman–Crippen MR) is 126 cm³/mol. The molecule has 4 aromatic rings. The minimum atomic E-state index is -0.446. The van der Waals surface area contributed by atoms with Crippen molar-refractivity contribution in [2.24, 2.45) is 13.0 Å². The summed E-state index contributed by atoms with van der Waals surface area (Å²) in [6.45, 7) is 2.27. The van der Waals surface area contributed by atoms with Gasteiger partial charge >= 0.3 is 0 Å². The average Bonchev–Trinajstić information content (AvgIpc) is 3.55. The molecule has 0 saturated heterocycles. The fourth-order valence-corrected chi connectivity index (χ4v) is 6.01. The number of thioether (sulfide) groups is 1. The zero-order valence-corrected chi connectivity index (χ0v) is 19.9. The number of aromatic nitrogens is 5. The molecule has 0 spiro atoms. The lowest BCUT2D eigenvalue weighted by Gasteiger charge is -2.19. The van der Waals surface area contributed by atoms with E-state index < -0.39 is 4.92 Å². The van der Waals surface area contributed by atoms with Gasteiger partial charge in [0.2, 0.25) is 11.7 Å². The van der Waals surface area contributed by atoms with Crippen LogP contribution < -0.4 is 0 Å². The number of hydrogen-bond donors (Lipinski definition) is 0. The van der Waals surface area contributed by atoms with Crippen molar-refractivity contribution in [2.75, 3.05) is 0 Å². The molecular formula is C22H22N6O3S2. The minimum absolute atomic E-state index is 0.0136. The van der Waals surface area contributed by atoms with Crippen LogP contribution in [0.5, 0.6) is 0 Å². The Hall–Kier alpha value is -3.05. The summed E-state index contributed by atoms with van der Waals surface area (Å²) in [4.78, 5) is 17.6. The standard InChI is InChI=1S/C22H22N6O3S2/c1-3-13-7-8-17-15(9-13)11-18(33-17)21-24-25-22(27(21)2)32-12-19-23-20(26-31-19)14-5-4-6-16(10-14)28(29)30/h4-6,10-11,13H,3,7-9,12H2,1-2H3. The van der Waals surface area contributed by atoms with Crippen LogP contribution in [0.3, 0.4) is 0 Å². The fourth-order valence-electron chi connectivity index (χ4n) is 4.03. The number of nitro benzene ring substituents is 1. The van der Waals surface area contributed by atoms with Crippen molar-refractivity contribution >= 4 is 28.8 Å². The molecule has 1 unspecified atom stereocenters. The van der Waals surface area contributed by atoms with Crippen LogP contribution in [0.2, 0.25) is 0 Å². The van der Waals surface area contributed by atoms with E-state index in [1.807, 2.05) is 23.0 Å². The molecule has 1 atom stereocenters. The Bertz CT molecular complexity index is 1310. The highest BCUT2D eigenvalue weighted by Crippen LogP contribution is 2.38. The molecule has 33 heavy (non-hydrogen) atoms. The Morgan fingerprint density at radius 2 is 2.21 bits per heavy atom. The lowest BCUT2D eigenvalue weighted by Crippen LogP contribution is -2.10. The second kappa shape index (κ2) is 9.06. The first-order valence-electron chi connectivity index (χ1n) is 10.7. The van der Waals surface area contributed by atoms with Gasteiger partial charge in [-0.3, -0.25) is 10.1 Å². The van der Waals surface area contributed by atoms with Crippen LogP contribution in [0.15, 0.2) is 40.0 Å². The molecule has 1 aliphatic rings. The van der Waals surface area contributed by atoms with E-state index in [0.29, 0.717) is 23.0 Å². The lowest BCUT2D eigenvalue weighted by molar-refractivity contribution is -0.384. The van der Waals surface area contributed by atoms with Crippen molar-refractivity contribution in [3.05, 3.63) is 56.8 Å². The quantitative estimate of drug-likeness (QED) is 0.198. The van der Waals surface area contributed by atoms with Gasteiger partial charge in [0, 0.05) is 29.6 Å². The van der Waals surface area contributed by atoms with Crippen LogP contribution in [0, 0.1) is 16.0 Å². The Morgan fingerprint density at radius 3 is 3.03 bits per heavy atom. The SMILES string of the molecule is CCC1CCc2sc(-c3nnc(SCc4nc(-c5cccc([N+](=O)[O-])c5)no4)n3C)cc2C1. The van der Waals surface area contributed by atoms with Crippen LogP contribution in [0.1, 0.15) is 36.1 Å². The van der Waals surface area contributed by atoms with E-state index in [4.69, 9.17) is 4.52 Å². The first kappa shape index (κ1) is 21.8. The molecule has 3 aromatic heterocycles. The molecule has 3 heterocycles. The number of nitro groups is 1. The van der Waals surface area contributed by atoms with Crippen molar-refractivity contribution in [1.29, 1.82) is 0 Å². The van der Waals surface area contributed by atoms with E-state index in [1.54, 1.807) is 12.1 Å². The van der Waals surface area contributed by atoms with E-state index in [2.05, 4.69) is 33.3 Å². The number of fused-ring (bicyclic) bond motifs is 1. The Kier molecular flexibility index (Phi) is 5.98. The molecule has 1 aliphatic carbocycles. The molecule has 0 N–H and O–H groups in total. The number of thiophene rings is 1. The van der Waals surface area contributed by atoms with Crippen molar-refractivity contribution in [2.45, 2.75) is 43.5 Å². The first-order valence-corrected chi connectivity index (χ1v) is 12.5. The predicted octanol–water partition coefficient (Wildman–Crippen LogP) is 5.31. The highest BCUT2D eigenvalue weighted by Gasteiger charge is 2.23. The van der Waals surface area contributed by atoms with E-state index in [0.717, 1.165) is 34.6 Å². The monoisotopic (exact) mass is 482 g/mol. The lowest BCUT2D eigenvalue weighted by atomic mass is 9.87. The van der Waals surface area contributed by atoms with Gasteiger partial charge in [0.15, 0.2) is 11.0 Å². The zero-order valence-electron chi connectivity index (χ0n) is 18.2. The third-order valence-corrected chi connectivity index (χ3v) is 8.16. The maximum atomic E-state index is 11.0. The van der Waals surface area contributed by atoms with Gasteiger partial charge in [-0.1, -0.05) is 42.4 Å². The summed E-state index contributed by atoms with van der Waals surface area (Å²) in [6, 6.07) is 8.46. The summed E-state index contributed by atoms with van der Waals surface area (Å²) in [5.41, 5.74) is 1.99. The molecule has 0 saturated carbocycles. The maximum absolute atomic E-state index is 11.0. The molecule has 0 amide bonds. The summed E-state index contributed by atoms with van der Waals surface area (Å²) in [6.07, 6.45) is 4.81. The van der Waals surface area contributed by atoms with Crippen LogP contribution in [-0.2, 0) is 25.6 Å². The van der Waals surface area contributed by atoms with Crippen LogP contribution >= 0.6 is 23.1 Å². The van der Waals surface area contributed by atoms with Gasteiger partial charge in [-0.2, -0.15) is 4.98 Å². The molecule has 170 valence electrons. The molecule has 0 bridgehead atoms. The van der Waals surface area contributed by atoms with Gasteiger partial charge in [-0.15, -0.1) is 21.5 Å². The Labute approximate surface area is 198 Å². The van der Waals surface area contributed by atoms with E-state index in [9.17, 15) is 10.1 Å². The second-order valence-corrected chi connectivity index (χ2v) is 10.1. The third kappa shape index (κ3) is 4.42. The van der Waals surface area contributed by atoms with E-state index in [1.165, 1.54) is 47.2 Å². The Morgan fingerprint density at radius 1 is 1.33 bits per heavy atom. The summed E-state index contributed by atoms with van der Waals surface area (Å²) in [5.74, 6) is 2.82. The molecule has 0 aliphatic heterocycles. The Balaban J connectivity index is 1.28. The topological polar surface area (TPSA) is 113 Å². The minimum Gasteiger partial charge on any atom is -0.338 e. The molecule has 9 nitrogen and oxygen atoms in total. The molecule has 11 heteroatoms. The number of benzene rings is 1. The van der Waals surface area contributed by atoms with Gasteiger partial charge in [-0.05, 0) is 36.8 Å². The van der Waals surface area contributed by atoms with Crippen molar-refractivity contribution < 1.29 is 9.45 Å². The van der Waals surface area contributed by atoms with Gasteiger partial charge in [-0.25, -0.2) is 0 Å². The largest absolute Gasteiger partial charge is 0.338 e. The number of non-ortho nitro benzene ring substituents is 1. The summed E-state index contributed by atoms with van der Waals surface area (Å²) in [5, 5.41) is 24.5. The van der Waals surface area contributed by atoms with Crippen LogP contribution in [0.25, 0.3) is 22.1 Å². The third-order valence-electron chi connectivity index (χ3n) is 5.93. The molecule has 0 fully saturated rings. The van der Waals surface area contributed by atoms with E-state index >= 15 is 0 Å². The summed E-state index contributed by atoms with van der Waals surface area (Å²) >= 11 is 3.29. The highest BCUT2D eigenvalue weighted by molar-refractivity contribution is 7.98. The van der Waals surface area contributed by atoms with Crippen molar-refractivity contribution in [3.63, 3.8) is 0 Å². The molecule has 0 radical (unpaired) electrons.